The lowest BCUT2D eigenvalue weighted by atomic mass is 9.97. The second-order valence-corrected chi connectivity index (χ2v) is 7.78. The van der Waals surface area contributed by atoms with Gasteiger partial charge in [-0.1, -0.05) is 55.9 Å². The third-order valence-electron chi connectivity index (χ3n) is 4.11. The summed E-state index contributed by atoms with van der Waals surface area (Å²) in [6.07, 6.45) is 0.867. The zero-order chi connectivity index (χ0) is 19.9. The van der Waals surface area contributed by atoms with Crippen molar-refractivity contribution in [1.82, 2.24) is 25.5 Å². The van der Waals surface area contributed by atoms with E-state index < -0.39 is 0 Å². The fraction of sp³-hybridized carbons (Fsp3) is 0.300. The lowest BCUT2D eigenvalue weighted by Crippen LogP contribution is -2.31. The molecule has 1 heterocycles. The van der Waals surface area contributed by atoms with Crippen molar-refractivity contribution < 1.29 is 9.90 Å². The van der Waals surface area contributed by atoms with Crippen LogP contribution >= 0.6 is 11.8 Å². The number of aromatic hydroxyl groups is 1. The van der Waals surface area contributed by atoms with Crippen molar-refractivity contribution in [3.63, 3.8) is 0 Å². The summed E-state index contributed by atoms with van der Waals surface area (Å²) >= 11 is 1.27. The van der Waals surface area contributed by atoms with Crippen LogP contribution in [-0.4, -0.2) is 37.0 Å². The Bertz CT molecular complexity index is 896. The van der Waals surface area contributed by atoms with Gasteiger partial charge in [0, 0.05) is 0 Å². The van der Waals surface area contributed by atoms with Crippen molar-refractivity contribution in [2.24, 2.45) is 5.92 Å². The monoisotopic (exact) mass is 397 g/mol. The molecule has 2 aromatic carbocycles. The van der Waals surface area contributed by atoms with Crippen LogP contribution in [0.3, 0.4) is 0 Å². The number of amides is 1. The van der Waals surface area contributed by atoms with Crippen LogP contribution in [0, 0.1) is 5.92 Å². The number of hydrogen-bond acceptors (Lipinski definition) is 6. The smallest absolute Gasteiger partial charge is 0.230 e. The number of nitrogens with one attached hydrogen (secondary N) is 1. The molecule has 0 aliphatic rings. The van der Waals surface area contributed by atoms with Crippen LogP contribution < -0.4 is 5.32 Å². The highest BCUT2D eigenvalue weighted by molar-refractivity contribution is 7.99. The predicted molar refractivity (Wildman–Crippen MR) is 108 cm³/mol. The van der Waals surface area contributed by atoms with Crippen molar-refractivity contribution in [2.75, 3.05) is 5.75 Å². The molecular formula is C20H23N5O2S. The second-order valence-electron chi connectivity index (χ2n) is 6.84. The molecule has 0 saturated carbocycles. The minimum absolute atomic E-state index is 0.0256. The second kappa shape index (κ2) is 9.36. The largest absolute Gasteiger partial charge is 0.508 e. The molecule has 7 nitrogen and oxygen atoms in total. The molecule has 0 unspecified atom stereocenters. The molecule has 0 fully saturated rings. The lowest BCUT2D eigenvalue weighted by Gasteiger charge is -2.21. The molecule has 3 rings (SSSR count). The normalized spacial score (nSPS) is 12.1. The summed E-state index contributed by atoms with van der Waals surface area (Å²) in [5, 5.41) is 24.7. The molecule has 1 aromatic heterocycles. The molecule has 28 heavy (non-hydrogen) atoms. The first kappa shape index (κ1) is 19.9. The summed E-state index contributed by atoms with van der Waals surface area (Å²) in [5.74, 6) is 0.766. The maximum Gasteiger partial charge on any atom is 0.230 e. The molecule has 0 aliphatic heterocycles. The minimum atomic E-state index is -0.0697. The summed E-state index contributed by atoms with van der Waals surface area (Å²) in [4.78, 5) is 12.6. The number of phenols is 1. The Labute approximate surface area is 168 Å². The van der Waals surface area contributed by atoms with Crippen LogP contribution in [0.15, 0.2) is 59.8 Å². The molecule has 1 amide bonds. The number of nitrogens with zero attached hydrogens (tertiary/aromatic N) is 4. The van der Waals surface area contributed by atoms with Gasteiger partial charge in [-0.3, -0.25) is 4.79 Å². The maximum atomic E-state index is 12.6. The van der Waals surface area contributed by atoms with Gasteiger partial charge >= 0.3 is 0 Å². The number of phenolic OH excluding ortho intramolecular Hbond substituents is 1. The van der Waals surface area contributed by atoms with Gasteiger partial charge in [0.05, 0.1) is 17.5 Å². The summed E-state index contributed by atoms with van der Waals surface area (Å²) in [5.41, 5.74) is 1.82. The Balaban J connectivity index is 1.64. The van der Waals surface area contributed by atoms with Gasteiger partial charge in [-0.05, 0) is 52.6 Å². The van der Waals surface area contributed by atoms with Crippen molar-refractivity contribution >= 4 is 17.7 Å². The van der Waals surface area contributed by atoms with Crippen LogP contribution in [0.1, 0.15) is 31.9 Å². The van der Waals surface area contributed by atoms with Gasteiger partial charge in [-0.15, -0.1) is 5.10 Å². The molecule has 146 valence electrons. The summed E-state index contributed by atoms with van der Waals surface area (Å²) in [6.45, 7) is 4.28. The van der Waals surface area contributed by atoms with E-state index in [0.29, 0.717) is 16.8 Å². The van der Waals surface area contributed by atoms with E-state index in [-0.39, 0.29) is 23.5 Å². The van der Waals surface area contributed by atoms with Crippen LogP contribution in [0.2, 0.25) is 0 Å². The number of tetrazole rings is 1. The van der Waals surface area contributed by atoms with Gasteiger partial charge in [-0.2, -0.15) is 4.68 Å². The van der Waals surface area contributed by atoms with Gasteiger partial charge in [0.2, 0.25) is 11.1 Å². The zero-order valence-corrected chi connectivity index (χ0v) is 16.6. The van der Waals surface area contributed by atoms with Crippen molar-refractivity contribution in [1.29, 1.82) is 0 Å². The Morgan fingerprint density at radius 2 is 1.86 bits per heavy atom. The van der Waals surface area contributed by atoms with Crippen LogP contribution in [0.25, 0.3) is 5.69 Å². The van der Waals surface area contributed by atoms with Gasteiger partial charge in [0.25, 0.3) is 0 Å². The first-order valence-electron chi connectivity index (χ1n) is 9.08. The number of benzene rings is 2. The third kappa shape index (κ3) is 5.32. The van der Waals surface area contributed by atoms with E-state index in [2.05, 4.69) is 34.7 Å². The number of carbonyl (C=O) groups is 1. The molecular weight excluding hydrogens is 374 g/mol. The predicted octanol–water partition coefficient (Wildman–Crippen LogP) is 3.36. The molecule has 3 aromatic rings. The van der Waals surface area contributed by atoms with E-state index in [9.17, 15) is 9.90 Å². The maximum absolute atomic E-state index is 12.6. The molecule has 0 saturated heterocycles. The topological polar surface area (TPSA) is 92.9 Å². The number of thioether (sulfide) groups is 1. The summed E-state index contributed by atoms with van der Waals surface area (Å²) < 4.78 is 1.54. The van der Waals surface area contributed by atoms with Crippen molar-refractivity contribution in [2.45, 2.75) is 31.5 Å². The highest BCUT2D eigenvalue weighted by Gasteiger charge is 2.17. The van der Waals surface area contributed by atoms with Gasteiger partial charge in [0.1, 0.15) is 5.75 Å². The Kier molecular flexibility index (Phi) is 6.65. The number of hydrogen-bond donors (Lipinski definition) is 2. The molecule has 0 aliphatic carbocycles. The Morgan fingerprint density at radius 3 is 2.54 bits per heavy atom. The molecule has 1 atom stereocenters. The van der Waals surface area contributed by atoms with E-state index in [1.54, 1.807) is 28.9 Å². The first-order valence-corrected chi connectivity index (χ1v) is 10.1. The molecule has 2 N–H and O–H groups in total. The molecule has 0 spiro atoms. The van der Waals surface area contributed by atoms with Gasteiger partial charge in [0.15, 0.2) is 0 Å². The van der Waals surface area contributed by atoms with Gasteiger partial charge in [-0.25, -0.2) is 0 Å². The molecule has 8 heteroatoms. The number of carbonyl (C=O) groups excluding carboxylic acids is 1. The third-order valence-corrected chi connectivity index (χ3v) is 5.03. The summed E-state index contributed by atoms with van der Waals surface area (Å²) in [6, 6.07) is 16.5. The average Bonchev–Trinajstić information content (AvgIpc) is 3.15. The fourth-order valence-corrected chi connectivity index (χ4v) is 3.53. The number of rotatable bonds is 8. The standard InChI is InChI=1S/C20H23N5O2S/c1-14(2)12-18(15-6-4-3-5-7-15)21-19(27)13-28-20-22-23-24-25(20)16-8-10-17(26)11-9-16/h3-11,14,18,26H,12-13H2,1-2H3,(H,21,27)/t18-/m0/s1. The Hall–Kier alpha value is -2.87. The van der Waals surface area contributed by atoms with Crippen molar-refractivity contribution in [3.05, 3.63) is 60.2 Å². The van der Waals surface area contributed by atoms with Crippen LogP contribution in [-0.2, 0) is 4.79 Å². The zero-order valence-electron chi connectivity index (χ0n) is 15.8. The van der Waals surface area contributed by atoms with E-state index in [4.69, 9.17) is 0 Å². The summed E-state index contributed by atoms with van der Waals surface area (Å²) in [7, 11) is 0. The first-order chi connectivity index (χ1) is 13.5. The fourth-order valence-electron chi connectivity index (χ4n) is 2.83. The highest BCUT2D eigenvalue weighted by atomic mass is 32.2. The van der Waals surface area contributed by atoms with Gasteiger partial charge < -0.3 is 10.4 Å². The highest BCUT2D eigenvalue weighted by Crippen LogP contribution is 2.23. The lowest BCUT2D eigenvalue weighted by molar-refractivity contribution is -0.119. The molecule has 0 radical (unpaired) electrons. The van der Waals surface area contributed by atoms with E-state index in [0.717, 1.165) is 12.0 Å². The van der Waals surface area contributed by atoms with E-state index in [1.807, 2.05) is 30.3 Å². The average molecular weight is 398 g/mol. The van der Waals surface area contributed by atoms with Crippen LogP contribution in [0.5, 0.6) is 5.75 Å². The van der Waals surface area contributed by atoms with Crippen LogP contribution in [0.4, 0.5) is 0 Å². The van der Waals surface area contributed by atoms with E-state index >= 15 is 0 Å². The quantitative estimate of drug-likeness (QED) is 0.566. The SMILES string of the molecule is CC(C)C[C@H](NC(=O)CSc1nnnn1-c1ccc(O)cc1)c1ccccc1. The van der Waals surface area contributed by atoms with Crippen molar-refractivity contribution in [3.8, 4) is 11.4 Å². The Morgan fingerprint density at radius 1 is 1.14 bits per heavy atom. The molecule has 0 bridgehead atoms. The van der Waals surface area contributed by atoms with E-state index in [1.165, 1.54) is 11.8 Å². The number of aromatic nitrogens is 4. The minimum Gasteiger partial charge on any atom is -0.508 e.